The summed E-state index contributed by atoms with van der Waals surface area (Å²) in [5.41, 5.74) is 1.83. The van der Waals surface area contributed by atoms with Crippen LogP contribution in [0.15, 0.2) is 58.9 Å². The van der Waals surface area contributed by atoms with Crippen LogP contribution in [-0.4, -0.2) is 34.2 Å². The summed E-state index contributed by atoms with van der Waals surface area (Å²) in [6, 6.07) is 15.9. The van der Waals surface area contributed by atoms with E-state index in [1.807, 2.05) is 18.2 Å². The number of aromatic nitrogens is 2. The molecule has 0 fully saturated rings. The van der Waals surface area contributed by atoms with Crippen molar-refractivity contribution in [2.45, 2.75) is 24.1 Å². The number of nitrogens with zero attached hydrogens (tertiary/aromatic N) is 2. The molecule has 1 heterocycles. The minimum atomic E-state index is -0.181. The third kappa shape index (κ3) is 6.40. The quantitative estimate of drug-likeness (QED) is 0.270. The SMILES string of the molecule is CCCCNc1nnc(SCC(=O)c2ccc(NC(=O)c3ccccc3)cc2)s1. The van der Waals surface area contributed by atoms with Crippen LogP contribution in [0.3, 0.4) is 0 Å². The van der Waals surface area contributed by atoms with Crippen molar-refractivity contribution >= 4 is 45.6 Å². The molecule has 8 heteroatoms. The van der Waals surface area contributed by atoms with E-state index in [2.05, 4.69) is 27.8 Å². The second-order valence-corrected chi connectivity index (χ2v) is 8.46. The molecule has 0 bridgehead atoms. The molecule has 3 aromatic rings. The van der Waals surface area contributed by atoms with Gasteiger partial charge in [0.25, 0.3) is 5.91 Å². The molecule has 0 saturated heterocycles. The first-order chi connectivity index (χ1) is 14.2. The van der Waals surface area contributed by atoms with E-state index in [0.29, 0.717) is 22.6 Å². The first-order valence-corrected chi connectivity index (χ1v) is 11.2. The first-order valence-electron chi connectivity index (χ1n) is 9.35. The van der Waals surface area contributed by atoms with Crippen LogP contribution >= 0.6 is 23.1 Å². The van der Waals surface area contributed by atoms with Gasteiger partial charge in [-0.15, -0.1) is 10.2 Å². The number of unbranched alkanes of at least 4 members (excludes halogenated alkanes) is 1. The molecule has 0 unspecified atom stereocenters. The number of thioether (sulfide) groups is 1. The number of hydrogen-bond acceptors (Lipinski definition) is 7. The lowest BCUT2D eigenvalue weighted by atomic mass is 10.1. The van der Waals surface area contributed by atoms with Gasteiger partial charge >= 0.3 is 0 Å². The van der Waals surface area contributed by atoms with Gasteiger partial charge in [-0.25, -0.2) is 0 Å². The Labute approximate surface area is 178 Å². The molecule has 6 nitrogen and oxygen atoms in total. The van der Waals surface area contributed by atoms with Crippen LogP contribution in [-0.2, 0) is 0 Å². The van der Waals surface area contributed by atoms with Crippen molar-refractivity contribution in [3.8, 4) is 0 Å². The number of anilines is 2. The van der Waals surface area contributed by atoms with Gasteiger partial charge in [0.05, 0.1) is 5.75 Å². The van der Waals surface area contributed by atoms with E-state index in [1.165, 1.54) is 23.1 Å². The number of amides is 1. The van der Waals surface area contributed by atoms with Crippen molar-refractivity contribution in [1.82, 2.24) is 10.2 Å². The van der Waals surface area contributed by atoms with Gasteiger partial charge in [0.15, 0.2) is 10.1 Å². The van der Waals surface area contributed by atoms with Gasteiger partial charge in [0.1, 0.15) is 0 Å². The molecule has 0 saturated carbocycles. The number of ketones is 1. The van der Waals surface area contributed by atoms with E-state index >= 15 is 0 Å². The van der Waals surface area contributed by atoms with Crippen LogP contribution in [0.4, 0.5) is 10.8 Å². The molecule has 3 rings (SSSR count). The summed E-state index contributed by atoms with van der Waals surface area (Å²) < 4.78 is 0.768. The monoisotopic (exact) mass is 426 g/mol. The van der Waals surface area contributed by atoms with Gasteiger partial charge in [0.2, 0.25) is 5.13 Å². The smallest absolute Gasteiger partial charge is 0.255 e. The number of carbonyl (C=O) groups excluding carboxylic acids is 2. The number of benzene rings is 2. The molecule has 1 amide bonds. The maximum atomic E-state index is 12.4. The summed E-state index contributed by atoms with van der Waals surface area (Å²) >= 11 is 2.84. The van der Waals surface area contributed by atoms with Crippen molar-refractivity contribution in [3.05, 3.63) is 65.7 Å². The summed E-state index contributed by atoms with van der Waals surface area (Å²) in [5.74, 6) is 0.116. The molecule has 150 valence electrons. The van der Waals surface area contributed by atoms with Crippen molar-refractivity contribution in [3.63, 3.8) is 0 Å². The van der Waals surface area contributed by atoms with Gasteiger partial charge in [-0.05, 0) is 42.8 Å². The van der Waals surface area contributed by atoms with Gasteiger partial charge in [-0.3, -0.25) is 9.59 Å². The summed E-state index contributed by atoms with van der Waals surface area (Å²) in [6.07, 6.45) is 2.21. The van der Waals surface area contributed by atoms with E-state index in [0.717, 1.165) is 28.9 Å². The average molecular weight is 427 g/mol. The molecule has 29 heavy (non-hydrogen) atoms. The van der Waals surface area contributed by atoms with E-state index in [1.54, 1.807) is 36.4 Å². The zero-order chi connectivity index (χ0) is 20.5. The van der Waals surface area contributed by atoms with E-state index in [4.69, 9.17) is 0 Å². The highest BCUT2D eigenvalue weighted by molar-refractivity contribution is 8.01. The Bertz CT molecular complexity index is 943. The minimum absolute atomic E-state index is 0.00614. The minimum Gasteiger partial charge on any atom is -0.360 e. The standard InChI is InChI=1S/C21H22N4O2S2/c1-2-3-13-22-20-24-25-21(29-20)28-14-18(26)15-9-11-17(12-10-15)23-19(27)16-7-5-4-6-8-16/h4-12H,2-3,13-14H2,1H3,(H,22,24)(H,23,27). The Morgan fingerprint density at radius 3 is 2.48 bits per heavy atom. The van der Waals surface area contributed by atoms with Gasteiger partial charge in [-0.2, -0.15) is 0 Å². The third-order valence-corrected chi connectivity index (χ3v) is 6.05. The normalized spacial score (nSPS) is 10.5. The Morgan fingerprint density at radius 1 is 1.00 bits per heavy atom. The summed E-state index contributed by atoms with van der Waals surface area (Å²) in [4.78, 5) is 24.6. The molecular formula is C21H22N4O2S2. The second kappa shape index (κ2) is 10.7. The summed E-state index contributed by atoms with van der Waals surface area (Å²) in [5, 5.41) is 15.0. The highest BCUT2D eigenvalue weighted by atomic mass is 32.2. The van der Waals surface area contributed by atoms with Gasteiger partial charge in [-0.1, -0.05) is 54.6 Å². The predicted octanol–water partition coefficient (Wildman–Crippen LogP) is 4.98. The highest BCUT2D eigenvalue weighted by Crippen LogP contribution is 2.26. The van der Waals surface area contributed by atoms with Crippen LogP contribution in [0.25, 0.3) is 0 Å². The lowest BCUT2D eigenvalue weighted by molar-refractivity contribution is 0.101. The summed E-state index contributed by atoms with van der Waals surface area (Å²) in [6.45, 7) is 3.01. The number of hydrogen-bond donors (Lipinski definition) is 2. The van der Waals surface area contributed by atoms with E-state index in [9.17, 15) is 9.59 Å². The fourth-order valence-corrected chi connectivity index (χ4v) is 4.13. The van der Waals surface area contributed by atoms with Crippen LogP contribution < -0.4 is 10.6 Å². The van der Waals surface area contributed by atoms with Gasteiger partial charge in [0, 0.05) is 23.4 Å². The van der Waals surface area contributed by atoms with E-state index < -0.39 is 0 Å². The molecule has 2 N–H and O–H groups in total. The molecule has 0 aliphatic rings. The highest BCUT2D eigenvalue weighted by Gasteiger charge is 2.11. The zero-order valence-corrected chi connectivity index (χ0v) is 17.7. The molecule has 0 atom stereocenters. The topological polar surface area (TPSA) is 84.0 Å². The number of Topliss-reactive ketones (excluding diaryl/α,β-unsaturated/α-hetero) is 1. The van der Waals surface area contributed by atoms with Crippen LogP contribution in [0.2, 0.25) is 0 Å². The van der Waals surface area contributed by atoms with E-state index in [-0.39, 0.29) is 11.7 Å². The van der Waals surface area contributed by atoms with Gasteiger partial charge < -0.3 is 10.6 Å². The second-order valence-electron chi connectivity index (χ2n) is 6.26. The third-order valence-electron chi connectivity index (χ3n) is 4.04. The number of rotatable bonds is 10. The van der Waals surface area contributed by atoms with Crippen LogP contribution in [0, 0.1) is 0 Å². The number of nitrogens with one attached hydrogen (secondary N) is 2. The molecule has 2 aromatic carbocycles. The van der Waals surface area contributed by atoms with Crippen molar-refractivity contribution in [1.29, 1.82) is 0 Å². The largest absolute Gasteiger partial charge is 0.360 e. The van der Waals surface area contributed by atoms with Crippen LogP contribution in [0.1, 0.15) is 40.5 Å². The van der Waals surface area contributed by atoms with Crippen LogP contribution in [0.5, 0.6) is 0 Å². The molecule has 0 aliphatic heterocycles. The van der Waals surface area contributed by atoms with Crippen molar-refractivity contribution in [2.75, 3.05) is 22.9 Å². The fourth-order valence-electron chi connectivity index (χ4n) is 2.45. The van der Waals surface area contributed by atoms with Crippen molar-refractivity contribution in [2.24, 2.45) is 0 Å². The number of carbonyl (C=O) groups is 2. The lowest BCUT2D eigenvalue weighted by Gasteiger charge is -2.06. The zero-order valence-electron chi connectivity index (χ0n) is 16.1. The lowest BCUT2D eigenvalue weighted by Crippen LogP contribution is -2.11. The Balaban J connectivity index is 1.49. The average Bonchev–Trinajstić information content (AvgIpc) is 3.21. The molecule has 0 spiro atoms. The molecule has 0 radical (unpaired) electrons. The maximum absolute atomic E-state index is 12.4. The maximum Gasteiger partial charge on any atom is 0.255 e. The Hall–Kier alpha value is -2.71. The molecule has 0 aliphatic carbocycles. The first kappa shape index (κ1) is 21.0. The summed E-state index contributed by atoms with van der Waals surface area (Å²) in [7, 11) is 0. The molecule has 1 aromatic heterocycles. The Morgan fingerprint density at radius 2 is 1.76 bits per heavy atom. The predicted molar refractivity (Wildman–Crippen MR) is 119 cm³/mol. The molecular weight excluding hydrogens is 404 g/mol. The van der Waals surface area contributed by atoms with Crippen molar-refractivity contribution < 1.29 is 9.59 Å². The Kier molecular flexibility index (Phi) is 7.77. The fraction of sp³-hybridized carbons (Fsp3) is 0.238.